The molecule has 0 amide bonds. The van der Waals surface area contributed by atoms with Crippen molar-refractivity contribution in [2.75, 3.05) is 6.61 Å². The van der Waals surface area contributed by atoms with Crippen molar-refractivity contribution in [2.24, 2.45) is 0 Å². The Morgan fingerprint density at radius 1 is 1.40 bits per heavy atom. The highest BCUT2D eigenvalue weighted by Crippen LogP contribution is 2.12. The number of rotatable bonds is 7. The molecule has 20 heavy (non-hydrogen) atoms. The van der Waals surface area contributed by atoms with Gasteiger partial charge in [0.05, 0.1) is 18.7 Å². The average molecular weight is 278 g/mol. The Hall–Kier alpha value is -2.18. The van der Waals surface area contributed by atoms with E-state index in [0.717, 1.165) is 25.7 Å². The van der Waals surface area contributed by atoms with Gasteiger partial charge in [-0.1, -0.05) is 26.2 Å². The zero-order chi connectivity index (χ0) is 14.4. The molecule has 108 valence electrons. The SMILES string of the molecule is CCCCCCOC(=O)Cc1cc(O)n2ncnc2n1. The average Bonchev–Trinajstić information content (AvgIpc) is 2.87. The van der Waals surface area contributed by atoms with Gasteiger partial charge in [-0.2, -0.15) is 14.6 Å². The fourth-order valence-electron chi connectivity index (χ4n) is 1.85. The Morgan fingerprint density at radius 2 is 2.25 bits per heavy atom. The number of nitrogens with zero attached hydrogens (tertiary/aromatic N) is 4. The van der Waals surface area contributed by atoms with E-state index in [-0.39, 0.29) is 24.0 Å². The lowest BCUT2D eigenvalue weighted by Gasteiger charge is -2.05. The highest BCUT2D eigenvalue weighted by Gasteiger charge is 2.11. The normalized spacial score (nSPS) is 10.8. The van der Waals surface area contributed by atoms with Gasteiger partial charge in [0, 0.05) is 6.07 Å². The molecular formula is C13H18N4O3. The quantitative estimate of drug-likeness (QED) is 0.609. The summed E-state index contributed by atoms with van der Waals surface area (Å²) in [6, 6.07) is 1.39. The number of ether oxygens (including phenoxy) is 1. The molecule has 0 fully saturated rings. The topological polar surface area (TPSA) is 89.6 Å². The van der Waals surface area contributed by atoms with Crippen LogP contribution in [0.5, 0.6) is 5.88 Å². The molecule has 7 heteroatoms. The Balaban J connectivity index is 1.86. The number of fused-ring (bicyclic) bond motifs is 1. The molecule has 0 saturated heterocycles. The van der Waals surface area contributed by atoms with Crippen LogP contribution in [0.15, 0.2) is 12.4 Å². The number of hydrogen-bond donors (Lipinski definition) is 1. The largest absolute Gasteiger partial charge is 0.493 e. The zero-order valence-corrected chi connectivity index (χ0v) is 11.4. The summed E-state index contributed by atoms with van der Waals surface area (Å²) in [5.74, 6) is -0.189. The summed E-state index contributed by atoms with van der Waals surface area (Å²) in [6.45, 7) is 2.56. The third-order valence-corrected chi connectivity index (χ3v) is 2.87. The van der Waals surface area contributed by atoms with Crippen LogP contribution >= 0.6 is 0 Å². The van der Waals surface area contributed by atoms with Gasteiger partial charge in [0.15, 0.2) is 0 Å². The van der Waals surface area contributed by atoms with Gasteiger partial charge in [-0.25, -0.2) is 4.98 Å². The molecule has 2 aromatic rings. The third kappa shape index (κ3) is 3.66. The molecule has 2 heterocycles. The van der Waals surface area contributed by atoms with E-state index >= 15 is 0 Å². The summed E-state index contributed by atoms with van der Waals surface area (Å²) < 4.78 is 6.32. The van der Waals surface area contributed by atoms with Gasteiger partial charge >= 0.3 is 5.97 Å². The van der Waals surface area contributed by atoms with Crippen LogP contribution in [0.1, 0.15) is 38.3 Å². The van der Waals surface area contributed by atoms with Crippen LogP contribution in [0.4, 0.5) is 0 Å². The van der Waals surface area contributed by atoms with E-state index in [2.05, 4.69) is 22.0 Å². The van der Waals surface area contributed by atoms with E-state index in [1.165, 1.54) is 16.9 Å². The fraction of sp³-hybridized carbons (Fsp3) is 0.538. The maximum atomic E-state index is 11.6. The predicted molar refractivity (Wildman–Crippen MR) is 71.3 cm³/mol. The molecule has 0 aliphatic rings. The van der Waals surface area contributed by atoms with Gasteiger partial charge in [-0.15, -0.1) is 0 Å². The fourth-order valence-corrected chi connectivity index (χ4v) is 1.85. The molecule has 0 aromatic carbocycles. The van der Waals surface area contributed by atoms with Crippen molar-refractivity contribution in [3.05, 3.63) is 18.1 Å². The standard InChI is InChI=1S/C13H18N4O3/c1-2-3-4-5-6-20-12(19)8-10-7-11(18)17-13(16-10)14-9-15-17/h7,9,18H,2-6,8H2,1H3. The van der Waals surface area contributed by atoms with Gasteiger partial charge in [0.1, 0.15) is 6.33 Å². The molecule has 0 bridgehead atoms. The first-order valence-electron chi connectivity index (χ1n) is 6.75. The summed E-state index contributed by atoms with van der Waals surface area (Å²) in [7, 11) is 0. The molecular weight excluding hydrogens is 260 g/mol. The summed E-state index contributed by atoms with van der Waals surface area (Å²) in [5, 5.41) is 13.5. The van der Waals surface area contributed by atoms with Crippen LogP contribution in [-0.4, -0.2) is 37.3 Å². The van der Waals surface area contributed by atoms with E-state index in [0.29, 0.717) is 12.3 Å². The number of aromatic nitrogens is 4. The smallest absolute Gasteiger partial charge is 0.311 e. The number of hydrogen-bond acceptors (Lipinski definition) is 6. The second-order valence-electron chi connectivity index (χ2n) is 4.54. The second kappa shape index (κ2) is 6.83. The first-order chi connectivity index (χ1) is 9.70. The van der Waals surface area contributed by atoms with Crippen LogP contribution < -0.4 is 0 Å². The van der Waals surface area contributed by atoms with Crippen molar-refractivity contribution >= 4 is 11.7 Å². The maximum Gasteiger partial charge on any atom is 0.311 e. The second-order valence-corrected chi connectivity index (χ2v) is 4.54. The van der Waals surface area contributed by atoms with Crippen LogP contribution in [0.2, 0.25) is 0 Å². The van der Waals surface area contributed by atoms with Crippen molar-refractivity contribution < 1.29 is 14.6 Å². The Labute approximate surface area is 116 Å². The molecule has 2 aromatic heterocycles. The number of carbonyl (C=O) groups is 1. The van der Waals surface area contributed by atoms with Gasteiger partial charge in [-0.3, -0.25) is 4.79 Å². The highest BCUT2D eigenvalue weighted by molar-refractivity contribution is 5.72. The minimum Gasteiger partial charge on any atom is -0.493 e. The molecule has 0 spiro atoms. The first-order valence-corrected chi connectivity index (χ1v) is 6.75. The summed E-state index contributed by atoms with van der Waals surface area (Å²) in [6.07, 6.45) is 5.55. The van der Waals surface area contributed by atoms with Gasteiger partial charge in [0.2, 0.25) is 5.88 Å². The highest BCUT2D eigenvalue weighted by atomic mass is 16.5. The molecule has 0 radical (unpaired) electrons. The zero-order valence-electron chi connectivity index (χ0n) is 11.4. The van der Waals surface area contributed by atoms with Gasteiger partial charge < -0.3 is 9.84 Å². The van der Waals surface area contributed by atoms with Gasteiger partial charge in [-0.05, 0) is 6.42 Å². The van der Waals surface area contributed by atoms with Crippen molar-refractivity contribution in [2.45, 2.75) is 39.0 Å². The van der Waals surface area contributed by atoms with Gasteiger partial charge in [0.25, 0.3) is 5.78 Å². The molecule has 2 rings (SSSR count). The number of aromatic hydroxyl groups is 1. The maximum absolute atomic E-state index is 11.6. The van der Waals surface area contributed by atoms with Crippen molar-refractivity contribution in [1.29, 1.82) is 0 Å². The molecule has 0 aliphatic heterocycles. The first kappa shape index (κ1) is 14.2. The summed E-state index contributed by atoms with van der Waals surface area (Å²) in [4.78, 5) is 19.6. The number of esters is 1. The van der Waals surface area contributed by atoms with Crippen LogP contribution in [0, 0.1) is 0 Å². The molecule has 0 aliphatic carbocycles. The summed E-state index contributed by atoms with van der Waals surface area (Å²) in [5.41, 5.74) is 0.418. The van der Waals surface area contributed by atoms with Crippen molar-refractivity contribution in [1.82, 2.24) is 19.6 Å². The Kier molecular flexibility index (Phi) is 4.86. The van der Waals surface area contributed by atoms with E-state index < -0.39 is 0 Å². The van der Waals surface area contributed by atoms with Crippen LogP contribution in [0.25, 0.3) is 5.78 Å². The summed E-state index contributed by atoms with van der Waals surface area (Å²) >= 11 is 0. The van der Waals surface area contributed by atoms with E-state index in [9.17, 15) is 9.90 Å². The lowest BCUT2D eigenvalue weighted by Crippen LogP contribution is -2.11. The van der Waals surface area contributed by atoms with Crippen LogP contribution in [-0.2, 0) is 16.0 Å². The minimum atomic E-state index is -0.350. The Bertz CT molecular complexity index is 582. The lowest BCUT2D eigenvalue weighted by atomic mass is 10.2. The van der Waals surface area contributed by atoms with Crippen molar-refractivity contribution in [3.63, 3.8) is 0 Å². The number of carbonyl (C=O) groups excluding carboxylic acids is 1. The Morgan fingerprint density at radius 3 is 3.05 bits per heavy atom. The van der Waals surface area contributed by atoms with E-state index in [1.807, 2.05) is 0 Å². The molecule has 0 atom stereocenters. The lowest BCUT2D eigenvalue weighted by molar-refractivity contribution is -0.143. The van der Waals surface area contributed by atoms with E-state index in [4.69, 9.17) is 4.74 Å². The minimum absolute atomic E-state index is 0.0185. The van der Waals surface area contributed by atoms with E-state index in [1.54, 1.807) is 0 Å². The number of unbranched alkanes of at least 4 members (excludes halogenated alkanes) is 3. The van der Waals surface area contributed by atoms with Crippen molar-refractivity contribution in [3.8, 4) is 5.88 Å². The molecule has 0 unspecified atom stereocenters. The third-order valence-electron chi connectivity index (χ3n) is 2.87. The molecule has 1 N–H and O–H groups in total. The van der Waals surface area contributed by atoms with Crippen LogP contribution in [0.3, 0.4) is 0 Å². The molecule has 7 nitrogen and oxygen atoms in total. The predicted octanol–water partition coefficient (Wildman–Crippen LogP) is 1.50. The monoisotopic (exact) mass is 278 g/mol. The molecule has 0 saturated carbocycles.